The van der Waals surface area contributed by atoms with Gasteiger partial charge in [0.2, 0.25) is 5.78 Å². The van der Waals surface area contributed by atoms with Crippen LogP contribution in [-0.2, 0) is 7.05 Å². The first kappa shape index (κ1) is 11.7. The van der Waals surface area contributed by atoms with Gasteiger partial charge in [-0.15, -0.1) is 0 Å². The second-order valence-corrected chi connectivity index (χ2v) is 4.00. The molecule has 0 amide bonds. The van der Waals surface area contributed by atoms with Gasteiger partial charge in [0.25, 0.3) is 0 Å². The first-order valence-electron chi connectivity index (χ1n) is 5.05. The molecule has 0 bridgehead atoms. The number of rotatable bonds is 4. The molecular formula is C12H11ClN2O2. The van der Waals surface area contributed by atoms with Crippen LogP contribution in [-0.4, -0.2) is 22.2 Å². The Kier molecular flexibility index (Phi) is 3.44. The van der Waals surface area contributed by atoms with Crippen molar-refractivity contribution in [2.45, 2.75) is 0 Å². The van der Waals surface area contributed by atoms with Gasteiger partial charge in [-0.2, -0.15) is 5.10 Å². The van der Waals surface area contributed by atoms with Crippen molar-refractivity contribution in [2.75, 3.05) is 6.61 Å². The van der Waals surface area contributed by atoms with Crippen LogP contribution in [0.5, 0.6) is 5.75 Å². The minimum absolute atomic E-state index is 0.00662. The van der Waals surface area contributed by atoms with E-state index >= 15 is 0 Å². The summed E-state index contributed by atoms with van der Waals surface area (Å²) in [7, 11) is 1.76. The van der Waals surface area contributed by atoms with Gasteiger partial charge in [-0.3, -0.25) is 9.48 Å². The van der Waals surface area contributed by atoms with Crippen molar-refractivity contribution in [3.63, 3.8) is 0 Å². The molecule has 0 radical (unpaired) electrons. The van der Waals surface area contributed by atoms with Gasteiger partial charge in [-0.25, -0.2) is 0 Å². The number of hydrogen-bond acceptors (Lipinski definition) is 3. The largest absolute Gasteiger partial charge is 0.485 e. The van der Waals surface area contributed by atoms with E-state index in [0.29, 0.717) is 16.3 Å². The number of hydrogen-bond donors (Lipinski definition) is 0. The molecule has 0 aliphatic carbocycles. The highest BCUT2D eigenvalue weighted by molar-refractivity contribution is 6.30. The third-order valence-electron chi connectivity index (χ3n) is 2.21. The predicted molar refractivity (Wildman–Crippen MR) is 64.5 cm³/mol. The highest BCUT2D eigenvalue weighted by atomic mass is 35.5. The Morgan fingerprint density at radius 2 is 2.12 bits per heavy atom. The van der Waals surface area contributed by atoms with Gasteiger partial charge in [0, 0.05) is 18.3 Å². The van der Waals surface area contributed by atoms with Crippen molar-refractivity contribution in [3.05, 3.63) is 47.2 Å². The van der Waals surface area contributed by atoms with Crippen LogP contribution in [0.1, 0.15) is 10.4 Å². The first-order chi connectivity index (χ1) is 8.15. The number of aryl methyl sites for hydroxylation is 1. The summed E-state index contributed by atoms with van der Waals surface area (Å²) in [5.74, 6) is 0.514. The van der Waals surface area contributed by atoms with Crippen molar-refractivity contribution in [3.8, 4) is 5.75 Å². The fourth-order valence-corrected chi connectivity index (χ4v) is 1.45. The molecule has 2 aromatic rings. The minimum atomic E-state index is -0.104. The molecule has 1 aromatic carbocycles. The van der Waals surface area contributed by atoms with Gasteiger partial charge in [-0.1, -0.05) is 11.6 Å². The predicted octanol–water partition coefficient (Wildman–Crippen LogP) is 2.34. The van der Waals surface area contributed by atoms with E-state index in [0.717, 1.165) is 0 Å². The van der Waals surface area contributed by atoms with Crippen LogP contribution in [0.2, 0.25) is 5.02 Å². The molecule has 0 unspecified atom stereocenters. The summed E-state index contributed by atoms with van der Waals surface area (Å²) in [6, 6.07) is 6.87. The molecule has 0 N–H and O–H groups in total. The Balaban J connectivity index is 1.94. The van der Waals surface area contributed by atoms with Crippen molar-refractivity contribution in [1.29, 1.82) is 0 Å². The van der Waals surface area contributed by atoms with E-state index in [4.69, 9.17) is 16.3 Å². The summed E-state index contributed by atoms with van der Waals surface area (Å²) in [5, 5.41) is 4.56. The van der Waals surface area contributed by atoms with E-state index in [1.807, 2.05) is 0 Å². The summed E-state index contributed by atoms with van der Waals surface area (Å²) in [6.45, 7) is -0.00662. The first-order valence-corrected chi connectivity index (χ1v) is 5.43. The summed E-state index contributed by atoms with van der Waals surface area (Å²) in [5.41, 5.74) is 0.543. The molecule has 0 aliphatic heterocycles. The monoisotopic (exact) mass is 250 g/mol. The topological polar surface area (TPSA) is 44.1 Å². The average Bonchev–Trinajstić information content (AvgIpc) is 2.75. The molecule has 17 heavy (non-hydrogen) atoms. The van der Waals surface area contributed by atoms with Crippen molar-refractivity contribution >= 4 is 17.4 Å². The standard InChI is InChI=1S/C12H11ClN2O2/c1-15-7-9(6-14-15)12(16)8-17-11-4-2-10(13)3-5-11/h2-7H,8H2,1H3. The number of carbonyl (C=O) groups excluding carboxylic acids is 1. The molecule has 0 spiro atoms. The number of Topliss-reactive ketones (excluding diaryl/α,β-unsaturated/α-hetero) is 1. The van der Waals surface area contributed by atoms with Crippen LogP contribution in [0.4, 0.5) is 0 Å². The van der Waals surface area contributed by atoms with E-state index in [-0.39, 0.29) is 12.4 Å². The van der Waals surface area contributed by atoms with E-state index < -0.39 is 0 Å². The maximum Gasteiger partial charge on any atom is 0.203 e. The lowest BCUT2D eigenvalue weighted by Crippen LogP contribution is -2.10. The molecule has 0 fully saturated rings. The van der Waals surface area contributed by atoms with Crippen molar-refractivity contribution < 1.29 is 9.53 Å². The van der Waals surface area contributed by atoms with Crippen LogP contribution in [0.15, 0.2) is 36.7 Å². The molecule has 4 nitrogen and oxygen atoms in total. The summed E-state index contributed by atoms with van der Waals surface area (Å²) >= 11 is 5.74. The number of carbonyl (C=O) groups is 1. The maximum atomic E-state index is 11.7. The maximum absolute atomic E-state index is 11.7. The van der Waals surface area contributed by atoms with Crippen LogP contribution in [0.25, 0.3) is 0 Å². The second-order valence-electron chi connectivity index (χ2n) is 3.57. The minimum Gasteiger partial charge on any atom is -0.485 e. The molecule has 2 rings (SSSR count). The van der Waals surface area contributed by atoms with Crippen LogP contribution < -0.4 is 4.74 Å². The van der Waals surface area contributed by atoms with E-state index in [1.54, 1.807) is 42.2 Å². The van der Waals surface area contributed by atoms with E-state index in [9.17, 15) is 4.79 Å². The zero-order valence-corrected chi connectivity index (χ0v) is 10.0. The van der Waals surface area contributed by atoms with Gasteiger partial charge >= 0.3 is 0 Å². The number of benzene rings is 1. The SMILES string of the molecule is Cn1cc(C(=O)COc2ccc(Cl)cc2)cn1. The number of halogens is 1. The number of aromatic nitrogens is 2. The van der Waals surface area contributed by atoms with Crippen LogP contribution >= 0.6 is 11.6 Å². The molecule has 5 heteroatoms. The molecule has 88 valence electrons. The highest BCUT2D eigenvalue weighted by Gasteiger charge is 2.08. The zero-order chi connectivity index (χ0) is 12.3. The van der Waals surface area contributed by atoms with Gasteiger partial charge in [-0.05, 0) is 24.3 Å². The van der Waals surface area contributed by atoms with Gasteiger partial charge in [0.1, 0.15) is 5.75 Å². The Morgan fingerprint density at radius 1 is 1.41 bits per heavy atom. The molecule has 0 saturated heterocycles. The van der Waals surface area contributed by atoms with Crippen molar-refractivity contribution in [2.24, 2.45) is 7.05 Å². The molecule has 0 atom stereocenters. The quantitative estimate of drug-likeness (QED) is 0.783. The molecular weight excluding hydrogens is 240 g/mol. The van der Waals surface area contributed by atoms with Crippen LogP contribution in [0.3, 0.4) is 0 Å². The highest BCUT2D eigenvalue weighted by Crippen LogP contribution is 2.15. The summed E-state index contributed by atoms with van der Waals surface area (Å²) < 4.78 is 6.92. The summed E-state index contributed by atoms with van der Waals surface area (Å²) in [4.78, 5) is 11.7. The van der Waals surface area contributed by atoms with E-state index in [2.05, 4.69) is 5.10 Å². The lowest BCUT2D eigenvalue weighted by atomic mass is 10.2. The second kappa shape index (κ2) is 5.01. The molecule has 0 saturated carbocycles. The normalized spacial score (nSPS) is 10.2. The number of ketones is 1. The Hall–Kier alpha value is -1.81. The molecule has 0 aliphatic rings. The van der Waals surface area contributed by atoms with E-state index in [1.165, 1.54) is 6.20 Å². The number of ether oxygens (including phenoxy) is 1. The zero-order valence-electron chi connectivity index (χ0n) is 9.26. The van der Waals surface area contributed by atoms with Crippen molar-refractivity contribution in [1.82, 2.24) is 9.78 Å². The fraction of sp³-hybridized carbons (Fsp3) is 0.167. The molecule has 1 heterocycles. The third-order valence-corrected chi connectivity index (χ3v) is 2.46. The van der Waals surface area contributed by atoms with Gasteiger partial charge < -0.3 is 4.74 Å². The molecule has 1 aromatic heterocycles. The average molecular weight is 251 g/mol. The fourth-order valence-electron chi connectivity index (χ4n) is 1.33. The third kappa shape index (κ3) is 3.07. The Labute approximate surface area is 104 Å². The van der Waals surface area contributed by atoms with Gasteiger partial charge in [0.15, 0.2) is 6.61 Å². The Bertz CT molecular complexity index is 520. The summed E-state index contributed by atoms with van der Waals surface area (Å²) in [6.07, 6.45) is 3.18. The van der Waals surface area contributed by atoms with Gasteiger partial charge in [0.05, 0.1) is 11.8 Å². The lowest BCUT2D eigenvalue weighted by Gasteiger charge is -2.03. The number of nitrogens with zero attached hydrogens (tertiary/aromatic N) is 2. The van der Waals surface area contributed by atoms with Crippen LogP contribution in [0, 0.1) is 0 Å². The Morgan fingerprint density at radius 3 is 2.71 bits per heavy atom. The smallest absolute Gasteiger partial charge is 0.203 e. The lowest BCUT2D eigenvalue weighted by molar-refractivity contribution is 0.0921.